The van der Waals surface area contributed by atoms with Crippen molar-refractivity contribution >= 4 is 34.8 Å². The minimum atomic E-state index is -0.0466. The van der Waals surface area contributed by atoms with Crippen molar-refractivity contribution < 1.29 is 4.79 Å². The van der Waals surface area contributed by atoms with E-state index in [0.717, 1.165) is 11.3 Å². The molecular weight excluding hydrogens is 319 g/mol. The van der Waals surface area contributed by atoms with Crippen LogP contribution in [0.25, 0.3) is 0 Å². The Morgan fingerprint density at radius 1 is 1.05 bits per heavy atom. The first-order valence-electron chi connectivity index (χ1n) is 6.85. The monoisotopic (exact) mass is 336 g/mol. The second-order valence-corrected chi connectivity index (χ2v) is 6.19. The van der Waals surface area contributed by atoms with Gasteiger partial charge in [-0.3, -0.25) is 4.79 Å². The molecule has 1 amide bonds. The van der Waals surface area contributed by atoms with E-state index in [1.807, 2.05) is 49.3 Å². The number of anilines is 1. The van der Waals surface area contributed by atoms with Gasteiger partial charge in [0.2, 0.25) is 0 Å². The van der Waals surface area contributed by atoms with Crippen LogP contribution < -0.4 is 4.90 Å². The van der Waals surface area contributed by atoms with Crippen molar-refractivity contribution in [3.8, 4) is 0 Å². The van der Waals surface area contributed by atoms with Gasteiger partial charge in [-0.1, -0.05) is 35.3 Å². The second kappa shape index (κ2) is 7.03. The highest BCUT2D eigenvalue weighted by Gasteiger charge is 2.14. The number of rotatable bonds is 4. The number of halogens is 2. The van der Waals surface area contributed by atoms with Crippen molar-refractivity contribution in [1.82, 2.24) is 4.90 Å². The lowest BCUT2D eigenvalue weighted by atomic mass is 10.1. The van der Waals surface area contributed by atoms with E-state index < -0.39 is 0 Å². The molecule has 0 aliphatic carbocycles. The predicted molar refractivity (Wildman–Crippen MR) is 93.0 cm³/mol. The van der Waals surface area contributed by atoms with Gasteiger partial charge in [0.05, 0.1) is 0 Å². The van der Waals surface area contributed by atoms with Gasteiger partial charge in [0.15, 0.2) is 0 Å². The third-order valence-electron chi connectivity index (χ3n) is 3.38. The molecule has 0 saturated carbocycles. The zero-order chi connectivity index (χ0) is 16.3. The molecule has 3 nitrogen and oxygen atoms in total. The van der Waals surface area contributed by atoms with Crippen LogP contribution in [0.2, 0.25) is 10.0 Å². The van der Waals surface area contributed by atoms with Crippen molar-refractivity contribution in [2.45, 2.75) is 6.54 Å². The van der Waals surface area contributed by atoms with Crippen molar-refractivity contribution in [2.75, 3.05) is 26.0 Å². The lowest BCUT2D eigenvalue weighted by molar-refractivity contribution is 0.0785. The Balaban J connectivity index is 2.17. The largest absolute Gasteiger partial charge is 0.378 e. The molecule has 0 fully saturated rings. The van der Waals surface area contributed by atoms with Crippen LogP contribution in [0.4, 0.5) is 5.69 Å². The fourth-order valence-electron chi connectivity index (χ4n) is 2.11. The number of amides is 1. The van der Waals surface area contributed by atoms with E-state index in [1.54, 1.807) is 24.1 Å². The highest BCUT2D eigenvalue weighted by Crippen LogP contribution is 2.23. The summed E-state index contributed by atoms with van der Waals surface area (Å²) >= 11 is 12.1. The number of nitrogens with zero attached hydrogens (tertiary/aromatic N) is 2. The molecule has 0 radical (unpaired) electrons. The lowest BCUT2D eigenvalue weighted by Gasteiger charge is -2.19. The SMILES string of the molecule is CN(Cc1ccc(Cl)cc1Cl)C(=O)c1cccc(N(C)C)c1. The van der Waals surface area contributed by atoms with Gasteiger partial charge in [0, 0.05) is 49.0 Å². The van der Waals surface area contributed by atoms with Crippen molar-refractivity contribution in [3.05, 3.63) is 63.6 Å². The van der Waals surface area contributed by atoms with Gasteiger partial charge in [-0.2, -0.15) is 0 Å². The fraction of sp³-hybridized carbons (Fsp3) is 0.235. The summed E-state index contributed by atoms with van der Waals surface area (Å²) in [6, 6.07) is 12.8. The van der Waals surface area contributed by atoms with Crippen molar-refractivity contribution in [1.29, 1.82) is 0 Å². The molecule has 0 aliphatic rings. The molecule has 0 N–H and O–H groups in total. The summed E-state index contributed by atoms with van der Waals surface area (Å²) in [5, 5.41) is 1.15. The number of carbonyl (C=O) groups excluding carboxylic acids is 1. The molecule has 0 aromatic heterocycles. The third kappa shape index (κ3) is 3.93. The topological polar surface area (TPSA) is 23.6 Å². The average molecular weight is 337 g/mol. The molecule has 0 atom stereocenters. The van der Waals surface area contributed by atoms with Crippen LogP contribution in [-0.2, 0) is 6.54 Å². The number of hydrogen-bond donors (Lipinski definition) is 0. The predicted octanol–water partition coefficient (Wildman–Crippen LogP) is 4.33. The first-order chi connectivity index (χ1) is 10.4. The number of hydrogen-bond acceptors (Lipinski definition) is 2. The summed E-state index contributed by atoms with van der Waals surface area (Å²) in [6.45, 7) is 0.432. The van der Waals surface area contributed by atoms with Gasteiger partial charge in [0.25, 0.3) is 5.91 Å². The third-order valence-corrected chi connectivity index (χ3v) is 3.97. The summed E-state index contributed by atoms with van der Waals surface area (Å²) < 4.78 is 0. The quantitative estimate of drug-likeness (QED) is 0.829. The summed E-state index contributed by atoms with van der Waals surface area (Å²) in [6.07, 6.45) is 0. The minimum absolute atomic E-state index is 0.0466. The zero-order valence-electron chi connectivity index (χ0n) is 12.8. The van der Waals surface area contributed by atoms with E-state index in [2.05, 4.69) is 0 Å². The van der Waals surface area contributed by atoms with Crippen molar-refractivity contribution in [2.24, 2.45) is 0 Å². The number of benzene rings is 2. The molecule has 0 aliphatic heterocycles. The van der Waals surface area contributed by atoms with Gasteiger partial charge in [-0.25, -0.2) is 0 Å². The van der Waals surface area contributed by atoms with Crippen LogP contribution in [0, 0.1) is 0 Å². The van der Waals surface area contributed by atoms with Gasteiger partial charge in [0.1, 0.15) is 0 Å². The average Bonchev–Trinajstić information content (AvgIpc) is 2.49. The van der Waals surface area contributed by atoms with Gasteiger partial charge >= 0.3 is 0 Å². The molecule has 0 unspecified atom stereocenters. The van der Waals surface area contributed by atoms with E-state index in [1.165, 1.54) is 0 Å². The van der Waals surface area contributed by atoms with Crippen LogP contribution in [-0.4, -0.2) is 32.0 Å². The minimum Gasteiger partial charge on any atom is -0.378 e. The van der Waals surface area contributed by atoms with Gasteiger partial charge < -0.3 is 9.80 Å². The second-order valence-electron chi connectivity index (χ2n) is 5.34. The first-order valence-corrected chi connectivity index (χ1v) is 7.61. The van der Waals surface area contributed by atoms with E-state index in [0.29, 0.717) is 22.2 Å². The molecule has 0 bridgehead atoms. The van der Waals surface area contributed by atoms with Gasteiger partial charge in [-0.15, -0.1) is 0 Å². The zero-order valence-corrected chi connectivity index (χ0v) is 14.3. The molecule has 0 spiro atoms. The Morgan fingerprint density at radius 2 is 1.77 bits per heavy atom. The highest BCUT2D eigenvalue weighted by molar-refractivity contribution is 6.35. The van der Waals surface area contributed by atoms with E-state index in [4.69, 9.17) is 23.2 Å². The molecule has 0 saturated heterocycles. The summed E-state index contributed by atoms with van der Waals surface area (Å²) in [4.78, 5) is 16.1. The molecule has 0 heterocycles. The van der Waals surface area contributed by atoms with E-state index in [9.17, 15) is 4.79 Å². The van der Waals surface area contributed by atoms with E-state index >= 15 is 0 Å². The molecule has 2 aromatic rings. The van der Waals surface area contributed by atoms with Crippen LogP contribution in [0.1, 0.15) is 15.9 Å². The molecule has 2 rings (SSSR count). The summed E-state index contributed by atoms with van der Waals surface area (Å²) in [7, 11) is 5.65. The van der Waals surface area contributed by atoms with E-state index in [-0.39, 0.29) is 5.91 Å². The number of carbonyl (C=O) groups is 1. The lowest BCUT2D eigenvalue weighted by Crippen LogP contribution is -2.26. The highest BCUT2D eigenvalue weighted by atomic mass is 35.5. The maximum absolute atomic E-state index is 12.5. The van der Waals surface area contributed by atoms with Gasteiger partial charge in [-0.05, 0) is 35.9 Å². The molecule has 5 heteroatoms. The summed E-state index contributed by atoms with van der Waals surface area (Å²) in [5.74, 6) is -0.0466. The Labute approximate surface area is 141 Å². The van der Waals surface area contributed by atoms with Crippen LogP contribution in [0.15, 0.2) is 42.5 Å². The van der Waals surface area contributed by atoms with Crippen LogP contribution in [0.5, 0.6) is 0 Å². The maximum Gasteiger partial charge on any atom is 0.253 e. The first kappa shape index (κ1) is 16.7. The smallest absolute Gasteiger partial charge is 0.253 e. The Hall–Kier alpha value is -1.71. The molecule has 116 valence electrons. The normalized spacial score (nSPS) is 10.4. The van der Waals surface area contributed by atoms with Crippen molar-refractivity contribution in [3.63, 3.8) is 0 Å². The van der Waals surface area contributed by atoms with Crippen LogP contribution in [0.3, 0.4) is 0 Å². The molecular formula is C17H18Cl2N2O. The Bertz CT molecular complexity index is 686. The molecule has 2 aromatic carbocycles. The van der Waals surface area contributed by atoms with Crippen LogP contribution >= 0.6 is 23.2 Å². The maximum atomic E-state index is 12.5. The Kier molecular flexibility index (Phi) is 5.33. The fourth-order valence-corrected chi connectivity index (χ4v) is 2.58. The standard InChI is InChI=1S/C17H18Cl2N2O/c1-20(2)15-6-4-5-12(9-15)17(22)21(3)11-13-7-8-14(18)10-16(13)19/h4-10H,11H2,1-3H3. The molecule has 22 heavy (non-hydrogen) atoms. The Morgan fingerprint density at radius 3 is 2.41 bits per heavy atom. The summed E-state index contributed by atoms with van der Waals surface area (Å²) in [5.41, 5.74) is 2.51.